The van der Waals surface area contributed by atoms with Crippen LogP contribution in [-0.4, -0.2) is 28.6 Å². The number of nitrogens with zero attached hydrogens (tertiary/aromatic N) is 4. The molecule has 6 nitrogen and oxygen atoms in total. The van der Waals surface area contributed by atoms with Crippen LogP contribution in [0, 0.1) is 11.3 Å². The quantitative estimate of drug-likeness (QED) is 0.769. The van der Waals surface area contributed by atoms with Gasteiger partial charge in [0.15, 0.2) is 0 Å². The van der Waals surface area contributed by atoms with Crippen LogP contribution in [0.5, 0.6) is 5.75 Å². The van der Waals surface area contributed by atoms with Crippen LogP contribution >= 0.6 is 0 Å². The van der Waals surface area contributed by atoms with Gasteiger partial charge in [-0.25, -0.2) is 0 Å². The van der Waals surface area contributed by atoms with E-state index in [0.29, 0.717) is 11.3 Å². The van der Waals surface area contributed by atoms with E-state index in [9.17, 15) is 0 Å². The molecule has 0 spiro atoms. The smallest absolute Gasteiger partial charge is 0.136 e. The van der Waals surface area contributed by atoms with Crippen molar-refractivity contribution in [3.8, 4) is 11.8 Å². The number of ether oxygens (including phenoxy) is 1. The van der Waals surface area contributed by atoms with Gasteiger partial charge in [0, 0.05) is 19.3 Å². The number of aromatic nitrogens is 3. The van der Waals surface area contributed by atoms with Crippen LogP contribution in [0.4, 0.5) is 0 Å². The Labute approximate surface area is 118 Å². The average molecular weight is 271 g/mol. The molecule has 1 heterocycles. The minimum absolute atomic E-state index is 0.564. The Morgan fingerprint density at radius 3 is 3.05 bits per heavy atom. The van der Waals surface area contributed by atoms with Crippen LogP contribution in [0.1, 0.15) is 17.5 Å². The highest BCUT2D eigenvalue weighted by atomic mass is 16.5. The van der Waals surface area contributed by atoms with Gasteiger partial charge in [-0.05, 0) is 30.7 Å². The molecule has 0 amide bonds. The Kier molecular flexibility index (Phi) is 5.09. The summed E-state index contributed by atoms with van der Waals surface area (Å²) in [5, 5.41) is 20.0. The standard InChI is InChI=1S/C14H17N5O/c1-20-14-4-3-12(9-13(14)10-15)11-16-5-2-7-19-8-6-17-18-19/h3-4,6,8-9,16H,2,5,7,11H2,1H3. The van der Waals surface area contributed by atoms with Gasteiger partial charge in [-0.15, -0.1) is 5.10 Å². The predicted octanol–water partition coefficient (Wildman–Crippen LogP) is 1.34. The second kappa shape index (κ2) is 7.26. The maximum absolute atomic E-state index is 9.02. The van der Waals surface area contributed by atoms with Crippen molar-refractivity contribution in [3.05, 3.63) is 41.7 Å². The first-order valence-electron chi connectivity index (χ1n) is 6.45. The fourth-order valence-corrected chi connectivity index (χ4v) is 1.90. The third-order valence-electron chi connectivity index (χ3n) is 2.93. The first-order valence-corrected chi connectivity index (χ1v) is 6.45. The molecule has 104 valence electrons. The maximum Gasteiger partial charge on any atom is 0.136 e. The van der Waals surface area contributed by atoms with Crippen LogP contribution in [0.15, 0.2) is 30.6 Å². The van der Waals surface area contributed by atoms with Gasteiger partial charge in [0.05, 0.1) is 18.9 Å². The summed E-state index contributed by atoms with van der Waals surface area (Å²) < 4.78 is 6.93. The molecular weight excluding hydrogens is 254 g/mol. The van der Waals surface area contributed by atoms with E-state index in [-0.39, 0.29) is 0 Å². The number of aryl methyl sites for hydroxylation is 1. The highest BCUT2D eigenvalue weighted by molar-refractivity contribution is 5.45. The molecule has 1 N–H and O–H groups in total. The lowest BCUT2D eigenvalue weighted by Crippen LogP contribution is -2.16. The number of hydrogen-bond acceptors (Lipinski definition) is 5. The Bertz CT molecular complexity index is 574. The molecule has 2 aromatic rings. The molecule has 2 rings (SSSR count). The molecule has 0 radical (unpaired) electrons. The minimum Gasteiger partial charge on any atom is -0.495 e. The Balaban J connectivity index is 1.75. The van der Waals surface area contributed by atoms with Gasteiger partial charge >= 0.3 is 0 Å². The Morgan fingerprint density at radius 1 is 1.45 bits per heavy atom. The van der Waals surface area contributed by atoms with Gasteiger partial charge in [-0.2, -0.15) is 5.26 Å². The lowest BCUT2D eigenvalue weighted by atomic mass is 10.1. The molecule has 0 aliphatic carbocycles. The van der Waals surface area contributed by atoms with E-state index in [4.69, 9.17) is 10.00 Å². The largest absolute Gasteiger partial charge is 0.495 e. The summed E-state index contributed by atoms with van der Waals surface area (Å²) in [7, 11) is 1.57. The maximum atomic E-state index is 9.02. The van der Waals surface area contributed by atoms with E-state index in [1.807, 2.05) is 29.1 Å². The molecule has 6 heteroatoms. The summed E-state index contributed by atoms with van der Waals surface area (Å²) in [5.41, 5.74) is 1.64. The lowest BCUT2D eigenvalue weighted by Gasteiger charge is -2.07. The molecule has 1 aromatic heterocycles. The van der Waals surface area contributed by atoms with Crippen molar-refractivity contribution >= 4 is 0 Å². The van der Waals surface area contributed by atoms with Crippen LogP contribution in [-0.2, 0) is 13.1 Å². The fraction of sp³-hybridized carbons (Fsp3) is 0.357. The first kappa shape index (κ1) is 14.0. The number of benzene rings is 1. The molecule has 0 saturated carbocycles. The number of rotatable bonds is 7. The molecule has 1 aromatic carbocycles. The zero-order valence-corrected chi connectivity index (χ0v) is 11.4. The normalized spacial score (nSPS) is 10.2. The molecule has 0 aliphatic heterocycles. The van der Waals surface area contributed by atoms with E-state index >= 15 is 0 Å². The zero-order valence-electron chi connectivity index (χ0n) is 11.4. The summed E-state index contributed by atoms with van der Waals surface area (Å²) in [6.07, 6.45) is 4.50. The van der Waals surface area contributed by atoms with Gasteiger partial charge in [0.2, 0.25) is 0 Å². The number of methoxy groups -OCH3 is 1. The second-order valence-electron chi connectivity index (χ2n) is 4.34. The van der Waals surface area contributed by atoms with Gasteiger partial charge in [-0.3, -0.25) is 4.68 Å². The van der Waals surface area contributed by atoms with E-state index < -0.39 is 0 Å². The van der Waals surface area contributed by atoms with E-state index in [2.05, 4.69) is 21.7 Å². The highest BCUT2D eigenvalue weighted by Crippen LogP contribution is 2.18. The van der Waals surface area contributed by atoms with Crippen molar-refractivity contribution in [2.24, 2.45) is 0 Å². The van der Waals surface area contributed by atoms with Crippen molar-refractivity contribution < 1.29 is 4.74 Å². The van der Waals surface area contributed by atoms with Crippen molar-refractivity contribution in [2.45, 2.75) is 19.5 Å². The SMILES string of the molecule is COc1ccc(CNCCCn2ccnn2)cc1C#N. The molecule has 0 atom stereocenters. The summed E-state index contributed by atoms with van der Waals surface area (Å²) in [6, 6.07) is 7.77. The van der Waals surface area contributed by atoms with Crippen LogP contribution in [0.3, 0.4) is 0 Å². The highest BCUT2D eigenvalue weighted by Gasteiger charge is 2.03. The van der Waals surface area contributed by atoms with Crippen molar-refractivity contribution in [3.63, 3.8) is 0 Å². The molecule has 0 saturated heterocycles. The Morgan fingerprint density at radius 2 is 2.35 bits per heavy atom. The van der Waals surface area contributed by atoms with E-state index in [1.165, 1.54) is 0 Å². The van der Waals surface area contributed by atoms with Crippen LogP contribution in [0.2, 0.25) is 0 Å². The summed E-state index contributed by atoms with van der Waals surface area (Å²) in [6.45, 7) is 2.46. The number of nitrogens with one attached hydrogen (secondary N) is 1. The third-order valence-corrected chi connectivity index (χ3v) is 2.93. The fourth-order valence-electron chi connectivity index (χ4n) is 1.90. The van der Waals surface area contributed by atoms with Crippen molar-refractivity contribution in [1.82, 2.24) is 20.3 Å². The number of nitriles is 1. The van der Waals surface area contributed by atoms with Gasteiger partial charge in [0.25, 0.3) is 0 Å². The third kappa shape index (κ3) is 3.80. The average Bonchev–Trinajstić information content (AvgIpc) is 3.00. The van der Waals surface area contributed by atoms with Crippen molar-refractivity contribution in [1.29, 1.82) is 5.26 Å². The molecule has 0 bridgehead atoms. The van der Waals surface area contributed by atoms with Crippen LogP contribution in [0.25, 0.3) is 0 Å². The van der Waals surface area contributed by atoms with Gasteiger partial charge < -0.3 is 10.1 Å². The number of hydrogen-bond donors (Lipinski definition) is 1. The minimum atomic E-state index is 0.564. The second-order valence-corrected chi connectivity index (χ2v) is 4.34. The molecular formula is C14H17N5O. The Hall–Kier alpha value is -2.39. The lowest BCUT2D eigenvalue weighted by molar-refractivity contribution is 0.413. The van der Waals surface area contributed by atoms with Crippen molar-refractivity contribution in [2.75, 3.05) is 13.7 Å². The summed E-state index contributed by atoms with van der Waals surface area (Å²) >= 11 is 0. The van der Waals surface area contributed by atoms with E-state index in [1.54, 1.807) is 13.3 Å². The van der Waals surface area contributed by atoms with Gasteiger partial charge in [0.1, 0.15) is 11.8 Å². The van der Waals surface area contributed by atoms with E-state index in [0.717, 1.165) is 31.6 Å². The topological polar surface area (TPSA) is 75.8 Å². The summed E-state index contributed by atoms with van der Waals surface area (Å²) in [4.78, 5) is 0. The molecule has 20 heavy (non-hydrogen) atoms. The van der Waals surface area contributed by atoms with Crippen LogP contribution < -0.4 is 10.1 Å². The summed E-state index contributed by atoms with van der Waals surface area (Å²) in [5.74, 6) is 0.613. The van der Waals surface area contributed by atoms with Gasteiger partial charge in [-0.1, -0.05) is 11.3 Å². The predicted molar refractivity (Wildman–Crippen MR) is 74.1 cm³/mol. The zero-order chi connectivity index (χ0) is 14.2. The first-order chi connectivity index (χ1) is 9.83. The monoisotopic (exact) mass is 271 g/mol. The molecule has 0 unspecified atom stereocenters. The molecule has 0 fully saturated rings. The molecule has 0 aliphatic rings.